The van der Waals surface area contributed by atoms with Crippen molar-refractivity contribution >= 4 is 5.91 Å². The third kappa shape index (κ3) is 3.62. The predicted octanol–water partition coefficient (Wildman–Crippen LogP) is 2.78. The summed E-state index contributed by atoms with van der Waals surface area (Å²) >= 11 is 0. The van der Waals surface area contributed by atoms with Crippen LogP contribution in [0.3, 0.4) is 0 Å². The molecule has 0 radical (unpaired) electrons. The predicted molar refractivity (Wildman–Crippen MR) is 79.6 cm³/mol. The van der Waals surface area contributed by atoms with Gasteiger partial charge in [0, 0.05) is 6.54 Å². The summed E-state index contributed by atoms with van der Waals surface area (Å²) in [4.78, 5) is 16.2. The van der Waals surface area contributed by atoms with E-state index in [-0.39, 0.29) is 11.8 Å². The third-order valence-corrected chi connectivity index (χ3v) is 3.22. The number of aromatic nitrogens is 1. The molecule has 0 unspecified atom stereocenters. The lowest BCUT2D eigenvalue weighted by atomic mass is 10.1. The smallest absolute Gasteiger partial charge is 0.289 e. The van der Waals surface area contributed by atoms with Gasteiger partial charge in [-0.25, -0.2) is 4.98 Å². The monoisotopic (exact) mass is 288 g/mol. The Morgan fingerprint density at radius 3 is 2.86 bits per heavy atom. The summed E-state index contributed by atoms with van der Waals surface area (Å²) in [7, 11) is 1.64. The van der Waals surface area contributed by atoms with Gasteiger partial charge in [-0.05, 0) is 24.0 Å². The maximum atomic E-state index is 12.1. The molecule has 2 aromatic rings. The van der Waals surface area contributed by atoms with E-state index in [1.54, 1.807) is 7.11 Å². The van der Waals surface area contributed by atoms with E-state index in [1.165, 1.54) is 6.39 Å². The van der Waals surface area contributed by atoms with Crippen LogP contribution in [0.4, 0.5) is 0 Å². The van der Waals surface area contributed by atoms with Gasteiger partial charge in [-0.1, -0.05) is 32.0 Å². The molecule has 2 rings (SSSR count). The van der Waals surface area contributed by atoms with Crippen LogP contribution in [0.5, 0.6) is 5.75 Å². The van der Waals surface area contributed by atoms with Crippen LogP contribution in [0.2, 0.25) is 0 Å². The van der Waals surface area contributed by atoms with Crippen molar-refractivity contribution in [3.8, 4) is 5.75 Å². The molecule has 0 saturated carbocycles. The van der Waals surface area contributed by atoms with Gasteiger partial charge in [0.1, 0.15) is 5.75 Å². The SMILES string of the molecule is COc1ccccc1CCNC(=O)c1ocnc1C(C)C. The number of para-hydroxylation sites is 1. The van der Waals surface area contributed by atoms with E-state index in [9.17, 15) is 4.79 Å². The molecule has 5 heteroatoms. The van der Waals surface area contributed by atoms with Crippen molar-refractivity contribution in [3.05, 3.63) is 47.7 Å². The van der Waals surface area contributed by atoms with E-state index in [0.717, 1.165) is 11.3 Å². The van der Waals surface area contributed by atoms with Crippen molar-refractivity contribution in [2.24, 2.45) is 0 Å². The number of hydrogen-bond acceptors (Lipinski definition) is 4. The van der Waals surface area contributed by atoms with Gasteiger partial charge in [-0.3, -0.25) is 4.79 Å². The first kappa shape index (κ1) is 15.1. The fourth-order valence-corrected chi connectivity index (χ4v) is 2.14. The summed E-state index contributed by atoms with van der Waals surface area (Å²) in [6.07, 6.45) is 2.01. The summed E-state index contributed by atoms with van der Waals surface area (Å²) in [5.41, 5.74) is 1.74. The second kappa shape index (κ2) is 6.92. The van der Waals surface area contributed by atoms with Crippen LogP contribution < -0.4 is 10.1 Å². The van der Waals surface area contributed by atoms with Crippen molar-refractivity contribution in [1.82, 2.24) is 10.3 Å². The second-order valence-corrected chi connectivity index (χ2v) is 5.04. The molecule has 112 valence electrons. The Hall–Kier alpha value is -2.30. The highest BCUT2D eigenvalue weighted by molar-refractivity contribution is 5.92. The maximum absolute atomic E-state index is 12.1. The van der Waals surface area contributed by atoms with Crippen LogP contribution in [0.1, 0.15) is 41.6 Å². The summed E-state index contributed by atoms with van der Waals surface area (Å²) in [6.45, 7) is 4.46. The number of oxazole rings is 1. The molecule has 0 aliphatic heterocycles. The summed E-state index contributed by atoms with van der Waals surface area (Å²) in [5, 5.41) is 2.85. The van der Waals surface area contributed by atoms with Crippen molar-refractivity contribution in [2.45, 2.75) is 26.2 Å². The topological polar surface area (TPSA) is 64.4 Å². The molecule has 0 fully saturated rings. The van der Waals surface area contributed by atoms with Crippen LogP contribution in [0.15, 0.2) is 35.1 Å². The Morgan fingerprint density at radius 1 is 1.38 bits per heavy atom. The fraction of sp³-hybridized carbons (Fsp3) is 0.375. The van der Waals surface area contributed by atoms with E-state index in [4.69, 9.17) is 9.15 Å². The number of carbonyl (C=O) groups is 1. The minimum Gasteiger partial charge on any atom is -0.496 e. The third-order valence-electron chi connectivity index (χ3n) is 3.22. The quantitative estimate of drug-likeness (QED) is 0.887. The van der Waals surface area contributed by atoms with E-state index in [0.29, 0.717) is 24.4 Å². The molecule has 5 nitrogen and oxygen atoms in total. The summed E-state index contributed by atoms with van der Waals surface area (Å²) < 4.78 is 10.5. The second-order valence-electron chi connectivity index (χ2n) is 5.04. The standard InChI is InChI=1S/C16H20N2O3/c1-11(2)14-15(21-10-18-14)16(19)17-9-8-12-6-4-5-7-13(12)20-3/h4-7,10-11H,8-9H2,1-3H3,(H,17,19). The summed E-state index contributed by atoms with van der Waals surface area (Å²) in [5.74, 6) is 1.05. The van der Waals surface area contributed by atoms with Crippen LogP contribution in [0.25, 0.3) is 0 Å². The number of carbonyl (C=O) groups excluding carboxylic acids is 1. The van der Waals surface area contributed by atoms with Crippen LogP contribution >= 0.6 is 0 Å². The number of nitrogens with zero attached hydrogens (tertiary/aromatic N) is 1. The number of methoxy groups -OCH3 is 1. The van der Waals surface area contributed by atoms with Gasteiger partial charge in [0.15, 0.2) is 6.39 Å². The van der Waals surface area contributed by atoms with Crippen molar-refractivity contribution in [2.75, 3.05) is 13.7 Å². The molecule has 21 heavy (non-hydrogen) atoms. The maximum Gasteiger partial charge on any atom is 0.289 e. The van der Waals surface area contributed by atoms with E-state index in [1.807, 2.05) is 38.1 Å². The first-order valence-corrected chi connectivity index (χ1v) is 6.97. The molecule has 0 aliphatic rings. The molecule has 1 aromatic carbocycles. The zero-order valence-corrected chi connectivity index (χ0v) is 12.6. The van der Waals surface area contributed by atoms with Gasteiger partial charge >= 0.3 is 0 Å². The van der Waals surface area contributed by atoms with Crippen molar-refractivity contribution in [1.29, 1.82) is 0 Å². The van der Waals surface area contributed by atoms with Gasteiger partial charge in [-0.2, -0.15) is 0 Å². The Balaban J connectivity index is 1.94. The molecule has 1 heterocycles. The van der Waals surface area contributed by atoms with Gasteiger partial charge in [-0.15, -0.1) is 0 Å². The number of rotatable bonds is 6. The molecule has 1 aromatic heterocycles. The van der Waals surface area contributed by atoms with Crippen LogP contribution in [-0.4, -0.2) is 24.5 Å². The van der Waals surface area contributed by atoms with Gasteiger partial charge in [0.25, 0.3) is 5.91 Å². The van der Waals surface area contributed by atoms with Gasteiger partial charge < -0.3 is 14.5 Å². The van der Waals surface area contributed by atoms with Gasteiger partial charge in [0.05, 0.1) is 12.8 Å². The lowest BCUT2D eigenvalue weighted by Crippen LogP contribution is -2.26. The lowest BCUT2D eigenvalue weighted by Gasteiger charge is -2.09. The zero-order valence-electron chi connectivity index (χ0n) is 12.6. The Morgan fingerprint density at radius 2 is 2.14 bits per heavy atom. The summed E-state index contributed by atoms with van der Waals surface area (Å²) in [6, 6.07) is 7.76. The van der Waals surface area contributed by atoms with Crippen molar-refractivity contribution in [3.63, 3.8) is 0 Å². The Bertz CT molecular complexity index is 605. The van der Waals surface area contributed by atoms with Crippen LogP contribution in [-0.2, 0) is 6.42 Å². The highest BCUT2D eigenvalue weighted by Gasteiger charge is 2.18. The van der Waals surface area contributed by atoms with E-state index in [2.05, 4.69) is 10.3 Å². The van der Waals surface area contributed by atoms with Crippen LogP contribution in [0, 0.1) is 0 Å². The van der Waals surface area contributed by atoms with E-state index >= 15 is 0 Å². The molecule has 0 bridgehead atoms. The molecule has 0 aliphatic carbocycles. The molecular formula is C16H20N2O3. The molecular weight excluding hydrogens is 268 g/mol. The molecule has 0 atom stereocenters. The molecule has 1 amide bonds. The number of nitrogens with one attached hydrogen (secondary N) is 1. The Labute approximate surface area is 124 Å². The fourth-order valence-electron chi connectivity index (χ4n) is 2.14. The molecule has 0 spiro atoms. The van der Waals surface area contributed by atoms with Crippen molar-refractivity contribution < 1.29 is 13.9 Å². The van der Waals surface area contributed by atoms with E-state index < -0.39 is 0 Å². The molecule has 0 saturated heterocycles. The number of ether oxygens (including phenoxy) is 1. The minimum atomic E-state index is -0.230. The normalized spacial score (nSPS) is 10.7. The average Bonchev–Trinajstić information content (AvgIpc) is 2.97. The highest BCUT2D eigenvalue weighted by Crippen LogP contribution is 2.18. The minimum absolute atomic E-state index is 0.152. The lowest BCUT2D eigenvalue weighted by molar-refractivity contribution is 0.0924. The highest BCUT2D eigenvalue weighted by atomic mass is 16.5. The number of benzene rings is 1. The zero-order chi connectivity index (χ0) is 15.2. The number of hydrogen-bond donors (Lipinski definition) is 1. The first-order chi connectivity index (χ1) is 10.1. The number of amides is 1. The Kier molecular flexibility index (Phi) is 4.98. The first-order valence-electron chi connectivity index (χ1n) is 6.97. The van der Waals surface area contributed by atoms with Gasteiger partial charge in [0.2, 0.25) is 5.76 Å². The molecule has 1 N–H and O–H groups in total. The largest absolute Gasteiger partial charge is 0.496 e. The average molecular weight is 288 g/mol.